The monoisotopic (exact) mass is 255 g/mol. The quantitative estimate of drug-likeness (QED) is 0.805. The Kier molecular flexibility index (Phi) is 3.92. The number of hydrogen-bond donors (Lipinski definition) is 0. The van der Waals surface area contributed by atoms with Gasteiger partial charge in [0.15, 0.2) is 0 Å². The lowest BCUT2D eigenvalue weighted by molar-refractivity contribution is -0.127. The smallest absolute Gasteiger partial charge is 0.232 e. The molecule has 1 amide bonds. The Labute approximate surface area is 105 Å². The summed E-state index contributed by atoms with van der Waals surface area (Å²) in [5, 5.41) is 2.52. The lowest BCUT2D eigenvalue weighted by atomic mass is 10.4. The van der Waals surface area contributed by atoms with E-state index < -0.39 is 0 Å². The van der Waals surface area contributed by atoms with E-state index in [2.05, 4.69) is 24.4 Å². The van der Waals surface area contributed by atoms with Crippen LogP contribution in [-0.4, -0.2) is 29.6 Å². The van der Waals surface area contributed by atoms with Gasteiger partial charge in [-0.15, -0.1) is 23.1 Å². The van der Waals surface area contributed by atoms with Crippen molar-refractivity contribution in [1.29, 1.82) is 0 Å². The van der Waals surface area contributed by atoms with Gasteiger partial charge >= 0.3 is 0 Å². The Morgan fingerprint density at radius 1 is 1.69 bits per heavy atom. The molecule has 1 fully saturated rings. The van der Waals surface area contributed by atoms with E-state index in [-0.39, 0.29) is 5.91 Å². The molecule has 1 heterocycles. The highest BCUT2D eigenvalue weighted by molar-refractivity contribution is 8.00. The summed E-state index contributed by atoms with van der Waals surface area (Å²) in [7, 11) is 1.93. The fourth-order valence-electron chi connectivity index (χ4n) is 1.57. The summed E-state index contributed by atoms with van der Waals surface area (Å²) >= 11 is 3.50. The molecule has 16 heavy (non-hydrogen) atoms. The lowest BCUT2D eigenvalue weighted by Gasteiger charge is -2.17. The van der Waals surface area contributed by atoms with Crippen LogP contribution in [0.2, 0.25) is 0 Å². The fourth-order valence-corrected chi connectivity index (χ4v) is 3.44. The van der Waals surface area contributed by atoms with E-state index in [4.69, 9.17) is 0 Å². The van der Waals surface area contributed by atoms with Gasteiger partial charge in [-0.05, 0) is 31.2 Å². The third kappa shape index (κ3) is 3.01. The van der Waals surface area contributed by atoms with Crippen LogP contribution in [0.3, 0.4) is 0 Å². The number of amides is 1. The standard InChI is InChI=1S/C12H17NOS2/c1-9(11-4-3-7-15-11)16-8-12(14)13(2)10-5-6-10/h3-4,7,9-10H,5-6,8H2,1-2H3/t9-/m1/s1. The van der Waals surface area contributed by atoms with Gasteiger partial charge in [-0.2, -0.15) is 0 Å². The molecule has 1 aromatic rings. The number of hydrogen-bond acceptors (Lipinski definition) is 3. The molecular formula is C12H17NOS2. The van der Waals surface area contributed by atoms with E-state index in [1.54, 1.807) is 23.1 Å². The number of nitrogens with zero attached hydrogens (tertiary/aromatic N) is 1. The van der Waals surface area contributed by atoms with Crippen LogP contribution in [0.15, 0.2) is 17.5 Å². The highest BCUT2D eigenvalue weighted by Crippen LogP contribution is 2.32. The van der Waals surface area contributed by atoms with E-state index in [1.165, 1.54) is 17.7 Å². The average Bonchev–Trinajstić information content (AvgIpc) is 2.99. The Morgan fingerprint density at radius 3 is 3.00 bits per heavy atom. The summed E-state index contributed by atoms with van der Waals surface area (Å²) in [4.78, 5) is 15.1. The summed E-state index contributed by atoms with van der Waals surface area (Å²) in [6, 6.07) is 4.73. The van der Waals surface area contributed by atoms with Crippen molar-refractivity contribution >= 4 is 29.0 Å². The summed E-state index contributed by atoms with van der Waals surface area (Å²) in [5.74, 6) is 0.877. The van der Waals surface area contributed by atoms with Crippen LogP contribution in [0.5, 0.6) is 0 Å². The molecule has 1 aliphatic rings. The van der Waals surface area contributed by atoms with Crippen molar-refractivity contribution in [2.24, 2.45) is 0 Å². The van der Waals surface area contributed by atoms with Crippen LogP contribution in [0.25, 0.3) is 0 Å². The highest BCUT2D eigenvalue weighted by atomic mass is 32.2. The second-order valence-corrected chi connectivity index (χ2v) is 6.51. The Balaban J connectivity index is 1.76. The lowest BCUT2D eigenvalue weighted by Crippen LogP contribution is -2.30. The van der Waals surface area contributed by atoms with Crippen molar-refractivity contribution in [2.45, 2.75) is 31.1 Å². The van der Waals surface area contributed by atoms with Crippen molar-refractivity contribution in [3.63, 3.8) is 0 Å². The average molecular weight is 255 g/mol. The van der Waals surface area contributed by atoms with Gasteiger partial charge < -0.3 is 4.90 Å². The molecule has 4 heteroatoms. The molecule has 1 atom stereocenters. The van der Waals surface area contributed by atoms with Crippen molar-refractivity contribution in [2.75, 3.05) is 12.8 Å². The van der Waals surface area contributed by atoms with Gasteiger partial charge in [0.05, 0.1) is 5.75 Å². The largest absolute Gasteiger partial charge is 0.342 e. The molecule has 1 aliphatic carbocycles. The summed E-state index contributed by atoms with van der Waals surface area (Å²) in [6.45, 7) is 2.17. The minimum atomic E-state index is 0.274. The van der Waals surface area contributed by atoms with Crippen molar-refractivity contribution in [3.8, 4) is 0 Å². The van der Waals surface area contributed by atoms with E-state index in [9.17, 15) is 4.79 Å². The SMILES string of the molecule is C[C@@H](SCC(=O)N(C)C1CC1)c1cccs1. The van der Waals surface area contributed by atoms with E-state index in [1.807, 2.05) is 11.9 Å². The van der Waals surface area contributed by atoms with Crippen LogP contribution >= 0.6 is 23.1 Å². The molecule has 0 aliphatic heterocycles. The van der Waals surface area contributed by atoms with E-state index in [0.29, 0.717) is 17.0 Å². The predicted octanol–water partition coefficient (Wildman–Crippen LogP) is 3.16. The zero-order chi connectivity index (χ0) is 11.5. The van der Waals surface area contributed by atoms with Crippen molar-refractivity contribution in [1.82, 2.24) is 4.90 Å². The summed E-state index contributed by atoms with van der Waals surface area (Å²) in [5.41, 5.74) is 0. The maximum absolute atomic E-state index is 11.8. The van der Waals surface area contributed by atoms with E-state index >= 15 is 0 Å². The maximum atomic E-state index is 11.8. The molecule has 0 radical (unpaired) electrons. The number of thioether (sulfide) groups is 1. The van der Waals surface area contributed by atoms with Crippen LogP contribution in [0.1, 0.15) is 29.9 Å². The molecule has 0 spiro atoms. The molecule has 0 aromatic carbocycles. The first-order valence-electron chi connectivity index (χ1n) is 5.59. The molecular weight excluding hydrogens is 238 g/mol. The van der Waals surface area contributed by atoms with Crippen LogP contribution < -0.4 is 0 Å². The molecule has 88 valence electrons. The van der Waals surface area contributed by atoms with Gasteiger partial charge in [0, 0.05) is 23.2 Å². The third-order valence-electron chi connectivity index (χ3n) is 2.89. The maximum Gasteiger partial charge on any atom is 0.232 e. The van der Waals surface area contributed by atoms with Gasteiger partial charge in [0.2, 0.25) is 5.91 Å². The first-order chi connectivity index (χ1) is 7.68. The Bertz CT molecular complexity index is 346. The second kappa shape index (κ2) is 5.23. The zero-order valence-electron chi connectivity index (χ0n) is 9.68. The first kappa shape index (κ1) is 12.0. The first-order valence-corrected chi connectivity index (χ1v) is 7.52. The number of carbonyl (C=O) groups is 1. The third-order valence-corrected chi connectivity index (χ3v) is 5.26. The normalized spacial score (nSPS) is 17.1. The molecule has 2 rings (SSSR count). The van der Waals surface area contributed by atoms with Gasteiger partial charge in [0.25, 0.3) is 0 Å². The van der Waals surface area contributed by atoms with Crippen molar-refractivity contribution < 1.29 is 4.79 Å². The van der Waals surface area contributed by atoms with Gasteiger partial charge in [-0.25, -0.2) is 0 Å². The van der Waals surface area contributed by atoms with Gasteiger partial charge in [0.1, 0.15) is 0 Å². The Morgan fingerprint density at radius 2 is 2.44 bits per heavy atom. The van der Waals surface area contributed by atoms with E-state index in [0.717, 1.165) is 0 Å². The number of rotatable bonds is 5. The minimum absolute atomic E-state index is 0.274. The van der Waals surface area contributed by atoms with Gasteiger partial charge in [-0.1, -0.05) is 6.07 Å². The van der Waals surface area contributed by atoms with Crippen LogP contribution in [-0.2, 0) is 4.79 Å². The zero-order valence-corrected chi connectivity index (χ0v) is 11.3. The summed E-state index contributed by atoms with van der Waals surface area (Å²) < 4.78 is 0. The number of carbonyl (C=O) groups excluding carboxylic acids is 1. The molecule has 2 nitrogen and oxygen atoms in total. The summed E-state index contributed by atoms with van der Waals surface area (Å²) in [6.07, 6.45) is 2.38. The molecule has 0 unspecified atom stereocenters. The molecule has 1 aromatic heterocycles. The predicted molar refractivity (Wildman–Crippen MR) is 71.0 cm³/mol. The second-order valence-electron chi connectivity index (χ2n) is 4.20. The van der Waals surface area contributed by atoms with Crippen LogP contribution in [0.4, 0.5) is 0 Å². The van der Waals surface area contributed by atoms with Crippen molar-refractivity contribution in [3.05, 3.63) is 22.4 Å². The fraction of sp³-hybridized carbons (Fsp3) is 0.583. The minimum Gasteiger partial charge on any atom is -0.342 e. The Hall–Kier alpha value is -0.480. The van der Waals surface area contributed by atoms with Crippen LogP contribution in [0, 0.1) is 0 Å². The topological polar surface area (TPSA) is 20.3 Å². The highest BCUT2D eigenvalue weighted by Gasteiger charge is 2.29. The molecule has 0 bridgehead atoms. The number of thiophene rings is 1. The molecule has 0 N–H and O–H groups in total. The van der Waals surface area contributed by atoms with Gasteiger partial charge in [-0.3, -0.25) is 4.79 Å². The molecule has 1 saturated carbocycles. The molecule has 0 saturated heterocycles.